The van der Waals surface area contributed by atoms with Crippen molar-refractivity contribution in [1.29, 1.82) is 0 Å². The van der Waals surface area contributed by atoms with Gasteiger partial charge in [0.05, 0.1) is 5.56 Å². The summed E-state index contributed by atoms with van der Waals surface area (Å²) in [5, 5.41) is 14.8. The Morgan fingerprint density at radius 3 is 2.48 bits per heavy atom. The van der Waals surface area contributed by atoms with Crippen LogP contribution in [0.1, 0.15) is 26.3 Å². The molecule has 0 spiro atoms. The van der Waals surface area contributed by atoms with Gasteiger partial charge in [0.15, 0.2) is 0 Å². The van der Waals surface area contributed by atoms with Crippen molar-refractivity contribution in [3.63, 3.8) is 0 Å². The molecular formula is C16H14N2O3. The first-order valence-electron chi connectivity index (χ1n) is 6.65. The first-order valence-corrected chi connectivity index (χ1v) is 6.65. The number of carboxylic acid groups (broad SMARTS) is 1. The van der Waals surface area contributed by atoms with Crippen LogP contribution in [-0.2, 0) is 6.42 Å². The fourth-order valence-corrected chi connectivity index (χ4v) is 2.35. The van der Waals surface area contributed by atoms with Crippen LogP contribution in [-0.4, -0.2) is 23.5 Å². The summed E-state index contributed by atoms with van der Waals surface area (Å²) in [7, 11) is 0. The number of carbonyl (C=O) groups is 2. The van der Waals surface area contributed by atoms with Crippen molar-refractivity contribution in [3.05, 3.63) is 59.2 Å². The maximum absolute atomic E-state index is 12.2. The van der Waals surface area contributed by atoms with Crippen LogP contribution in [0.4, 0.5) is 11.4 Å². The molecule has 0 aliphatic carbocycles. The predicted octanol–water partition coefficient (Wildman–Crippen LogP) is 2.61. The van der Waals surface area contributed by atoms with E-state index in [1.165, 1.54) is 12.1 Å². The SMILES string of the molecule is O=C(O)c1ccc(NC(=O)c2ccc3c(c2)CCN3)cc1. The van der Waals surface area contributed by atoms with Crippen LogP contribution in [0.2, 0.25) is 0 Å². The molecule has 1 aliphatic rings. The molecule has 0 fully saturated rings. The number of anilines is 2. The van der Waals surface area contributed by atoms with Gasteiger partial charge < -0.3 is 15.7 Å². The lowest BCUT2D eigenvalue weighted by Gasteiger charge is -2.07. The smallest absolute Gasteiger partial charge is 0.335 e. The molecule has 106 valence electrons. The van der Waals surface area contributed by atoms with E-state index in [0.717, 1.165) is 24.2 Å². The third kappa shape index (κ3) is 2.72. The fourth-order valence-electron chi connectivity index (χ4n) is 2.35. The summed E-state index contributed by atoms with van der Waals surface area (Å²) in [6.45, 7) is 0.900. The number of amides is 1. The molecule has 0 saturated heterocycles. The van der Waals surface area contributed by atoms with E-state index in [9.17, 15) is 9.59 Å². The highest BCUT2D eigenvalue weighted by atomic mass is 16.4. The monoisotopic (exact) mass is 282 g/mol. The second-order valence-electron chi connectivity index (χ2n) is 4.89. The van der Waals surface area contributed by atoms with Gasteiger partial charge in [-0.05, 0) is 54.4 Å². The second-order valence-corrected chi connectivity index (χ2v) is 4.89. The molecule has 21 heavy (non-hydrogen) atoms. The second kappa shape index (κ2) is 5.28. The lowest BCUT2D eigenvalue weighted by Crippen LogP contribution is -2.12. The Labute approximate surface area is 121 Å². The van der Waals surface area contributed by atoms with Gasteiger partial charge in [-0.25, -0.2) is 4.79 Å². The lowest BCUT2D eigenvalue weighted by molar-refractivity contribution is 0.0696. The van der Waals surface area contributed by atoms with Gasteiger partial charge in [0, 0.05) is 23.5 Å². The molecule has 0 radical (unpaired) electrons. The minimum absolute atomic E-state index is 0.191. The minimum atomic E-state index is -0.987. The minimum Gasteiger partial charge on any atom is -0.478 e. The lowest BCUT2D eigenvalue weighted by atomic mass is 10.1. The molecular weight excluding hydrogens is 268 g/mol. The quantitative estimate of drug-likeness (QED) is 0.808. The Balaban J connectivity index is 1.75. The van der Waals surface area contributed by atoms with E-state index in [2.05, 4.69) is 10.6 Å². The summed E-state index contributed by atoms with van der Waals surface area (Å²) >= 11 is 0. The third-order valence-electron chi connectivity index (χ3n) is 3.47. The Morgan fingerprint density at radius 1 is 1.05 bits per heavy atom. The molecule has 2 aromatic carbocycles. The summed E-state index contributed by atoms with van der Waals surface area (Å²) in [4.78, 5) is 23.0. The van der Waals surface area contributed by atoms with Crippen LogP contribution < -0.4 is 10.6 Å². The zero-order chi connectivity index (χ0) is 14.8. The molecule has 0 bridgehead atoms. The number of rotatable bonds is 3. The van der Waals surface area contributed by atoms with Crippen LogP contribution >= 0.6 is 0 Å². The van der Waals surface area contributed by atoms with Crippen LogP contribution in [0.5, 0.6) is 0 Å². The van der Waals surface area contributed by atoms with Gasteiger partial charge in [0.25, 0.3) is 5.91 Å². The average molecular weight is 282 g/mol. The van der Waals surface area contributed by atoms with E-state index in [1.807, 2.05) is 12.1 Å². The molecule has 1 aliphatic heterocycles. The highest BCUT2D eigenvalue weighted by Gasteiger charge is 2.13. The molecule has 0 atom stereocenters. The van der Waals surface area contributed by atoms with Crippen molar-refractivity contribution in [2.75, 3.05) is 17.2 Å². The number of carbonyl (C=O) groups excluding carboxylic acids is 1. The van der Waals surface area contributed by atoms with Crippen LogP contribution in [0.3, 0.4) is 0 Å². The molecule has 0 saturated carbocycles. The first kappa shape index (κ1) is 13.2. The number of benzene rings is 2. The van der Waals surface area contributed by atoms with Crippen molar-refractivity contribution in [2.24, 2.45) is 0 Å². The average Bonchev–Trinajstić information content (AvgIpc) is 2.95. The Kier molecular flexibility index (Phi) is 3.31. The van der Waals surface area contributed by atoms with Gasteiger partial charge >= 0.3 is 5.97 Å². The summed E-state index contributed by atoms with van der Waals surface area (Å²) < 4.78 is 0. The highest BCUT2D eigenvalue weighted by molar-refractivity contribution is 6.05. The number of carboxylic acids is 1. The van der Waals surface area contributed by atoms with E-state index >= 15 is 0 Å². The molecule has 0 unspecified atom stereocenters. The molecule has 5 nitrogen and oxygen atoms in total. The predicted molar refractivity (Wildman–Crippen MR) is 80.0 cm³/mol. The zero-order valence-electron chi connectivity index (χ0n) is 11.2. The topological polar surface area (TPSA) is 78.4 Å². The van der Waals surface area contributed by atoms with Crippen molar-refractivity contribution in [2.45, 2.75) is 6.42 Å². The van der Waals surface area contributed by atoms with Crippen molar-refractivity contribution < 1.29 is 14.7 Å². The summed E-state index contributed by atoms with van der Waals surface area (Å²) in [6.07, 6.45) is 0.920. The van der Waals surface area contributed by atoms with Gasteiger partial charge in [0.1, 0.15) is 0 Å². The van der Waals surface area contributed by atoms with Crippen LogP contribution in [0.15, 0.2) is 42.5 Å². The Bertz CT molecular complexity index is 708. The number of hydrogen-bond donors (Lipinski definition) is 3. The molecule has 1 amide bonds. The van der Waals surface area contributed by atoms with Gasteiger partial charge in [-0.15, -0.1) is 0 Å². The molecule has 1 heterocycles. The molecule has 2 aromatic rings. The van der Waals surface area contributed by atoms with Crippen molar-refractivity contribution >= 4 is 23.3 Å². The Hall–Kier alpha value is -2.82. The maximum atomic E-state index is 12.2. The maximum Gasteiger partial charge on any atom is 0.335 e. The van der Waals surface area contributed by atoms with Gasteiger partial charge in [-0.1, -0.05) is 0 Å². The number of aromatic carboxylic acids is 1. The first-order chi connectivity index (χ1) is 10.1. The molecule has 5 heteroatoms. The number of hydrogen-bond acceptors (Lipinski definition) is 3. The summed E-state index contributed by atoms with van der Waals surface area (Å²) in [5.41, 5.74) is 3.58. The van der Waals surface area contributed by atoms with E-state index in [0.29, 0.717) is 11.3 Å². The highest BCUT2D eigenvalue weighted by Crippen LogP contribution is 2.23. The standard InChI is InChI=1S/C16H14N2O3/c19-15(12-3-6-14-11(9-12)7-8-17-14)18-13-4-1-10(2-5-13)16(20)21/h1-6,9,17H,7-8H2,(H,18,19)(H,20,21). The third-order valence-corrected chi connectivity index (χ3v) is 3.47. The van der Waals surface area contributed by atoms with Gasteiger partial charge in [-0.3, -0.25) is 4.79 Å². The molecule has 0 aromatic heterocycles. The number of nitrogens with one attached hydrogen (secondary N) is 2. The fraction of sp³-hybridized carbons (Fsp3) is 0.125. The summed E-state index contributed by atoms with van der Waals surface area (Å²) in [5.74, 6) is -1.19. The Morgan fingerprint density at radius 2 is 1.76 bits per heavy atom. The van der Waals surface area contributed by atoms with E-state index in [4.69, 9.17) is 5.11 Å². The van der Waals surface area contributed by atoms with Gasteiger partial charge in [0.2, 0.25) is 0 Å². The molecule has 3 N–H and O–H groups in total. The zero-order valence-corrected chi connectivity index (χ0v) is 11.2. The molecule has 3 rings (SSSR count). The van der Waals surface area contributed by atoms with Crippen molar-refractivity contribution in [3.8, 4) is 0 Å². The van der Waals surface area contributed by atoms with E-state index in [-0.39, 0.29) is 11.5 Å². The van der Waals surface area contributed by atoms with Crippen molar-refractivity contribution in [1.82, 2.24) is 0 Å². The van der Waals surface area contributed by atoms with E-state index < -0.39 is 5.97 Å². The van der Waals surface area contributed by atoms with Crippen LogP contribution in [0.25, 0.3) is 0 Å². The van der Waals surface area contributed by atoms with E-state index in [1.54, 1.807) is 18.2 Å². The van der Waals surface area contributed by atoms with Crippen LogP contribution in [0, 0.1) is 0 Å². The van der Waals surface area contributed by atoms with Gasteiger partial charge in [-0.2, -0.15) is 0 Å². The summed E-state index contributed by atoms with van der Waals surface area (Å²) in [6, 6.07) is 11.7. The number of fused-ring (bicyclic) bond motifs is 1. The largest absolute Gasteiger partial charge is 0.478 e. The normalized spacial score (nSPS) is 12.4.